The third kappa shape index (κ3) is 5.43. The van der Waals surface area contributed by atoms with Gasteiger partial charge in [-0.05, 0) is 42.5 Å². The largest absolute Gasteiger partial charge is 0.497 e. The number of rotatable bonds is 9. The molecule has 0 aliphatic rings. The highest BCUT2D eigenvalue weighted by Gasteiger charge is 2.19. The van der Waals surface area contributed by atoms with Gasteiger partial charge in [-0.3, -0.25) is 9.52 Å². The maximum Gasteiger partial charge on any atom is 0.262 e. The maximum atomic E-state index is 12.9. The normalized spacial score (nSPS) is 11.2. The van der Waals surface area contributed by atoms with Gasteiger partial charge < -0.3 is 19.2 Å². The Labute approximate surface area is 200 Å². The molecule has 0 saturated carbocycles. The Morgan fingerprint density at radius 2 is 1.85 bits per heavy atom. The molecule has 11 heteroatoms. The van der Waals surface area contributed by atoms with Crippen LogP contribution in [-0.2, 0) is 14.8 Å². The summed E-state index contributed by atoms with van der Waals surface area (Å²) in [6.07, 6.45) is 0. The van der Waals surface area contributed by atoms with Gasteiger partial charge in [0.2, 0.25) is 5.91 Å². The molecule has 0 fully saturated rings. The van der Waals surface area contributed by atoms with Crippen LogP contribution in [0.25, 0.3) is 11.1 Å². The van der Waals surface area contributed by atoms with Crippen molar-refractivity contribution in [3.8, 4) is 11.5 Å². The molecule has 3 aromatic carbocycles. The number of aromatic nitrogens is 1. The maximum absolute atomic E-state index is 12.9. The molecule has 1 amide bonds. The van der Waals surface area contributed by atoms with E-state index in [-0.39, 0.29) is 21.8 Å². The second-order valence-corrected chi connectivity index (χ2v) is 9.59. The molecule has 4 aromatic rings. The van der Waals surface area contributed by atoms with Crippen LogP contribution in [0.15, 0.2) is 81.3 Å². The Hall–Kier alpha value is -3.70. The average molecular weight is 500 g/mol. The van der Waals surface area contributed by atoms with Crippen LogP contribution >= 0.6 is 11.8 Å². The molecule has 2 N–H and O–H groups in total. The minimum atomic E-state index is -3.89. The molecule has 176 valence electrons. The molecule has 0 atom stereocenters. The molecule has 4 rings (SSSR count). The number of carbonyl (C=O) groups excluding carboxylic acids is 1. The van der Waals surface area contributed by atoms with Crippen molar-refractivity contribution in [3.05, 3.63) is 66.7 Å². The standard InChI is InChI=1S/C23H21N3O6S2/c1-30-16-7-5-6-15(12-16)24-22(27)14-33-23-25-19-13-17(10-11-21(19)32-23)34(28,29)26-18-8-3-4-9-20(18)31-2/h3-13,26H,14H2,1-2H3,(H,24,27). The summed E-state index contributed by atoms with van der Waals surface area (Å²) in [6.45, 7) is 0. The van der Waals surface area contributed by atoms with Gasteiger partial charge in [0.1, 0.15) is 17.0 Å². The van der Waals surface area contributed by atoms with E-state index in [1.165, 1.54) is 25.3 Å². The Bertz CT molecular complexity index is 1440. The summed E-state index contributed by atoms with van der Waals surface area (Å²) in [5.74, 6) is 0.851. The first-order chi connectivity index (χ1) is 16.4. The van der Waals surface area contributed by atoms with E-state index >= 15 is 0 Å². The molecule has 0 bridgehead atoms. The summed E-state index contributed by atoms with van der Waals surface area (Å²) < 4.78 is 44.2. The van der Waals surface area contributed by atoms with E-state index in [1.807, 2.05) is 0 Å². The number of methoxy groups -OCH3 is 2. The van der Waals surface area contributed by atoms with Gasteiger partial charge in [-0.2, -0.15) is 0 Å². The topological polar surface area (TPSA) is 120 Å². The number of para-hydroxylation sites is 2. The van der Waals surface area contributed by atoms with Crippen molar-refractivity contribution in [1.29, 1.82) is 0 Å². The van der Waals surface area contributed by atoms with Gasteiger partial charge in [-0.15, -0.1) is 0 Å². The van der Waals surface area contributed by atoms with Gasteiger partial charge in [0, 0.05) is 11.8 Å². The van der Waals surface area contributed by atoms with Crippen molar-refractivity contribution < 1.29 is 27.1 Å². The second-order valence-electron chi connectivity index (χ2n) is 6.98. The highest BCUT2D eigenvalue weighted by molar-refractivity contribution is 7.99. The fourth-order valence-electron chi connectivity index (χ4n) is 3.07. The first-order valence-corrected chi connectivity index (χ1v) is 12.5. The number of nitrogens with zero attached hydrogens (tertiary/aromatic N) is 1. The Balaban J connectivity index is 1.45. The summed E-state index contributed by atoms with van der Waals surface area (Å²) in [6, 6.07) is 18.1. The number of thioether (sulfide) groups is 1. The number of benzene rings is 3. The van der Waals surface area contributed by atoms with Gasteiger partial charge in [0.05, 0.1) is 30.6 Å². The summed E-state index contributed by atoms with van der Waals surface area (Å²) >= 11 is 1.10. The Kier molecular flexibility index (Phi) is 6.94. The highest BCUT2D eigenvalue weighted by atomic mass is 32.2. The van der Waals surface area contributed by atoms with Crippen molar-refractivity contribution in [3.63, 3.8) is 0 Å². The van der Waals surface area contributed by atoms with Crippen molar-refractivity contribution in [2.75, 3.05) is 30.0 Å². The number of amides is 1. The van der Waals surface area contributed by atoms with Crippen LogP contribution in [-0.4, -0.2) is 39.3 Å². The van der Waals surface area contributed by atoms with E-state index in [9.17, 15) is 13.2 Å². The highest BCUT2D eigenvalue weighted by Crippen LogP contribution is 2.29. The van der Waals surface area contributed by atoms with Crippen molar-refractivity contribution >= 4 is 50.2 Å². The SMILES string of the molecule is COc1cccc(NC(=O)CSc2nc3cc(S(=O)(=O)Nc4ccccc4OC)ccc3o2)c1. The molecule has 0 spiro atoms. The van der Waals surface area contributed by atoms with E-state index in [1.54, 1.807) is 55.6 Å². The quantitative estimate of drug-likeness (QED) is 0.326. The fraction of sp³-hybridized carbons (Fsp3) is 0.130. The van der Waals surface area contributed by atoms with Gasteiger partial charge in [-0.1, -0.05) is 30.0 Å². The number of carbonyl (C=O) groups is 1. The summed E-state index contributed by atoms with van der Waals surface area (Å²) in [4.78, 5) is 16.6. The van der Waals surface area contributed by atoms with Crippen LogP contribution in [0.3, 0.4) is 0 Å². The number of hydrogen-bond donors (Lipinski definition) is 2. The lowest BCUT2D eigenvalue weighted by Gasteiger charge is -2.11. The van der Waals surface area contributed by atoms with Gasteiger partial charge >= 0.3 is 0 Å². The Morgan fingerprint density at radius 1 is 1.03 bits per heavy atom. The first-order valence-electron chi connectivity index (χ1n) is 10.0. The predicted octanol–water partition coefficient (Wildman–Crippen LogP) is 4.38. The molecule has 34 heavy (non-hydrogen) atoms. The van der Waals surface area contributed by atoms with Crippen LogP contribution < -0.4 is 19.5 Å². The summed E-state index contributed by atoms with van der Waals surface area (Å²) in [7, 11) is -0.873. The number of sulfonamides is 1. The smallest absolute Gasteiger partial charge is 0.262 e. The zero-order valence-corrected chi connectivity index (χ0v) is 19.9. The number of oxazole rings is 1. The van der Waals surface area contributed by atoms with E-state index < -0.39 is 10.0 Å². The first kappa shape index (κ1) is 23.5. The lowest BCUT2D eigenvalue weighted by atomic mass is 10.3. The number of ether oxygens (including phenoxy) is 2. The van der Waals surface area contributed by atoms with Gasteiger partial charge in [0.15, 0.2) is 5.58 Å². The number of nitrogens with one attached hydrogen (secondary N) is 2. The fourth-order valence-corrected chi connectivity index (χ4v) is 4.80. The molecular weight excluding hydrogens is 478 g/mol. The zero-order chi connectivity index (χ0) is 24.1. The van der Waals surface area contributed by atoms with E-state index in [0.29, 0.717) is 34.0 Å². The molecular formula is C23H21N3O6S2. The Morgan fingerprint density at radius 3 is 2.65 bits per heavy atom. The van der Waals surface area contributed by atoms with Crippen LogP contribution in [0.2, 0.25) is 0 Å². The second kappa shape index (κ2) is 10.1. The molecule has 1 aromatic heterocycles. The van der Waals surface area contributed by atoms with Crippen molar-refractivity contribution in [2.45, 2.75) is 10.1 Å². The predicted molar refractivity (Wildman–Crippen MR) is 130 cm³/mol. The van der Waals surface area contributed by atoms with Crippen LogP contribution in [0.4, 0.5) is 11.4 Å². The minimum Gasteiger partial charge on any atom is -0.497 e. The number of anilines is 2. The summed E-state index contributed by atoms with van der Waals surface area (Å²) in [5.41, 5.74) is 1.70. The van der Waals surface area contributed by atoms with E-state index in [4.69, 9.17) is 13.9 Å². The van der Waals surface area contributed by atoms with Gasteiger partial charge in [0.25, 0.3) is 15.2 Å². The van der Waals surface area contributed by atoms with E-state index in [2.05, 4.69) is 15.0 Å². The van der Waals surface area contributed by atoms with Gasteiger partial charge in [-0.25, -0.2) is 13.4 Å². The van der Waals surface area contributed by atoms with Crippen LogP contribution in [0, 0.1) is 0 Å². The van der Waals surface area contributed by atoms with E-state index in [0.717, 1.165) is 11.8 Å². The minimum absolute atomic E-state index is 0.0199. The number of fused-ring (bicyclic) bond motifs is 1. The molecule has 0 saturated heterocycles. The molecule has 9 nitrogen and oxygen atoms in total. The van der Waals surface area contributed by atoms with Crippen molar-refractivity contribution in [1.82, 2.24) is 4.98 Å². The lowest BCUT2D eigenvalue weighted by molar-refractivity contribution is -0.113. The van der Waals surface area contributed by atoms with Crippen molar-refractivity contribution in [2.24, 2.45) is 0 Å². The molecule has 0 aliphatic carbocycles. The third-order valence-corrected chi connectivity index (χ3v) is 6.87. The zero-order valence-electron chi connectivity index (χ0n) is 18.3. The molecule has 1 heterocycles. The third-order valence-electron chi connectivity index (χ3n) is 4.68. The van der Waals surface area contributed by atoms with Crippen LogP contribution in [0.5, 0.6) is 11.5 Å². The summed E-state index contributed by atoms with van der Waals surface area (Å²) in [5, 5.41) is 3.03. The van der Waals surface area contributed by atoms with Crippen LogP contribution in [0.1, 0.15) is 0 Å². The molecule has 0 aliphatic heterocycles. The number of hydrogen-bond acceptors (Lipinski definition) is 8. The molecule has 0 unspecified atom stereocenters. The monoisotopic (exact) mass is 499 g/mol. The lowest BCUT2D eigenvalue weighted by Crippen LogP contribution is -2.14. The average Bonchev–Trinajstić information content (AvgIpc) is 3.25. The molecule has 0 radical (unpaired) electrons.